The lowest BCUT2D eigenvalue weighted by Crippen LogP contribution is -2.27. The van der Waals surface area contributed by atoms with Crippen molar-refractivity contribution in [1.82, 2.24) is 0 Å². The van der Waals surface area contributed by atoms with Crippen LogP contribution >= 0.6 is 15.9 Å². The molecule has 0 heterocycles. The summed E-state index contributed by atoms with van der Waals surface area (Å²) in [6, 6.07) is 14.5. The van der Waals surface area contributed by atoms with Gasteiger partial charge in [0.25, 0.3) is 0 Å². The van der Waals surface area contributed by atoms with E-state index in [1.165, 1.54) is 0 Å². The number of anilines is 1. The first-order valence-corrected chi connectivity index (χ1v) is 8.77. The average Bonchev–Trinajstić information content (AvgIpc) is 2.58. The summed E-state index contributed by atoms with van der Waals surface area (Å²) >= 11 is 3.36. The van der Waals surface area contributed by atoms with Crippen LogP contribution in [-0.4, -0.2) is 23.6 Å². The number of nitrogens with one attached hydrogen (secondary N) is 1. The van der Waals surface area contributed by atoms with Gasteiger partial charge in [0.05, 0.1) is 18.9 Å². The first-order chi connectivity index (χ1) is 12.0. The molecule has 25 heavy (non-hydrogen) atoms. The highest BCUT2D eigenvalue weighted by Crippen LogP contribution is 2.20. The molecule has 0 saturated heterocycles. The van der Waals surface area contributed by atoms with Crippen LogP contribution in [0.25, 0.3) is 0 Å². The highest BCUT2D eigenvalue weighted by atomic mass is 79.9. The van der Waals surface area contributed by atoms with E-state index in [2.05, 4.69) is 21.2 Å². The third kappa shape index (κ3) is 6.23. The Balaban J connectivity index is 2.06. The van der Waals surface area contributed by atoms with Crippen molar-refractivity contribution >= 4 is 33.5 Å². The molecule has 0 spiro atoms. The first-order valence-electron chi connectivity index (χ1n) is 7.98. The lowest BCUT2D eigenvalue weighted by atomic mass is 9.95. The smallest absolute Gasteiger partial charge is 0.304 e. The van der Waals surface area contributed by atoms with E-state index in [-0.39, 0.29) is 12.3 Å². The van der Waals surface area contributed by atoms with Crippen molar-refractivity contribution < 1.29 is 19.4 Å². The van der Waals surface area contributed by atoms with Gasteiger partial charge in [-0.1, -0.05) is 28.1 Å². The minimum atomic E-state index is -0.996. The van der Waals surface area contributed by atoms with Gasteiger partial charge in [-0.15, -0.1) is 0 Å². The van der Waals surface area contributed by atoms with Gasteiger partial charge < -0.3 is 15.2 Å². The number of ether oxygens (including phenoxy) is 1. The average molecular weight is 406 g/mol. The topological polar surface area (TPSA) is 75.6 Å². The van der Waals surface area contributed by atoms with Crippen molar-refractivity contribution in [2.24, 2.45) is 5.92 Å². The fourth-order valence-corrected chi connectivity index (χ4v) is 2.68. The van der Waals surface area contributed by atoms with Crippen LogP contribution in [-0.2, 0) is 16.0 Å². The first kappa shape index (κ1) is 19.0. The van der Waals surface area contributed by atoms with Crippen molar-refractivity contribution in [2.45, 2.75) is 19.8 Å². The quantitative estimate of drug-likeness (QED) is 0.692. The second-order valence-electron chi connectivity index (χ2n) is 5.57. The lowest BCUT2D eigenvalue weighted by molar-refractivity contribution is -0.140. The van der Waals surface area contributed by atoms with Gasteiger partial charge in [0, 0.05) is 10.2 Å². The number of carboxylic acid groups (broad SMARTS) is 1. The Bertz CT molecular complexity index is 713. The van der Waals surface area contributed by atoms with Gasteiger partial charge in [-0.2, -0.15) is 0 Å². The van der Waals surface area contributed by atoms with Gasteiger partial charge in [-0.05, 0) is 55.3 Å². The molecule has 0 aliphatic carbocycles. The molecule has 2 rings (SSSR count). The lowest BCUT2D eigenvalue weighted by Gasteiger charge is -2.15. The molecule has 2 aromatic carbocycles. The molecule has 6 heteroatoms. The summed E-state index contributed by atoms with van der Waals surface area (Å²) in [5, 5.41) is 11.9. The predicted octanol–water partition coefficient (Wildman–Crippen LogP) is 4.12. The number of carboxylic acids is 1. The van der Waals surface area contributed by atoms with E-state index in [1.54, 1.807) is 24.3 Å². The molecule has 0 aliphatic heterocycles. The predicted molar refractivity (Wildman–Crippen MR) is 99.8 cm³/mol. The van der Waals surface area contributed by atoms with Gasteiger partial charge in [-0.3, -0.25) is 9.59 Å². The van der Waals surface area contributed by atoms with Crippen molar-refractivity contribution in [3.63, 3.8) is 0 Å². The van der Waals surface area contributed by atoms with Gasteiger partial charge in [0.2, 0.25) is 5.91 Å². The third-order valence-electron chi connectivity index (χ3n) is 3.62. The highest BCUT2D eigenvalue weighted by molar-refractivity contribution is 9.10. The summed E-state index contributed by atoms with van der Waals surface area (Å²) in [7, 11) is 0. The van der Waals surface area contributed by atoms with Crippen molar-refractivity contribution in [3.8, 4) is 5.75 Å². The fraction of sp³-hybridized carbons (Fsp3) is 0.263. The van der Waals surface area contributed by atoms with E-state index in [9.17, 15) is 9.59 Å². The van der Waals surface area contributed by atoms with Gasteiger partial charge in [-0.25, -0.2) is 0 Å². The second-order valence-corrected chi connectivity index (χ2v) is 6.49. The van der Waals surface area contributed by atoms with E-state index < -0.39 is 11.9 Å². The fourth-order valence-electron chi connectivity index (χ4n) is 2.42. The zero-order valence-electron chi connectivity index (χ0n) is 13.9. The Morgan fingerprint density at radius 3 is 2.32 bits per heavy atom. The van der Waals surface area contributed by atoms with Gasteiger partial charge >= 0.3 is 5.97 Å². The van der Waals surface area contributed by atoms with Crippen molar-refractivity contribution in [1.29, 1.82) is 0 Å². The van der Waals surface area contributed by atoms with Crippen LogP contribution < -0.4 is 10.1 Å². The molecule has 2 N–H and O–H groups in total. The van der Waals surface area contributed by atoms with Crippen LogP contribution in [0.5, 0.6) is 5.75 Å². The van der Waals surface area contributed by atoms with Crippen molar-refractivity contribution in [3.05, 3.63) is 58.6 Å². The zero-order valence-corrected chi connectivity index (χ0v) is 15.5. The van der Waals surface area contributed by atoms with Gasteiger partial charge in [0.1, 0.15) is 5.75 Å². The Labute approximate surface area is 155 Å². The summed E-state index contributed by atoms with van der Waals surface area (Å²) in [6.45, 7) is 2.47. The summed E-state index contributed by atoms with van der Waals surface area (Å²) in [5.74, 6) is -1.24. The number of carbonyl (C=O) groups is 2. The molecule has 0 bridgehead atoms. The van der Waals surface area contributed by atoms with E-state index in [4.69, 9.17) is 9.84 Å². The number of carbonyl (C=O) groups excluding carboxylic acids is 1. The van der Waals surface area contributed by atoms with Crippen LogP contribution in [0.3, 0.4) is 0 Å². The zero-order chi connectivity index (χ0) is 18.2. The largest absolute Gasteiger partial charge is 0.494 e. The molecular weight excluding hydrogens is 386 g/mol. The molecule has 2 aromatic rings. The molecule has 0 aromatic heterocycles. The van der Waals surface area contributed by atoms with E-state index in [1.807, 2.05) is 31.2 Å². The summed E-state index contributed by atoms with van der Waals surface area (Å²) in [4.78, 5) is 23.6. The van der Waals surface area contributed by atoms with E-state index in [0.717, 1.165) is 15.8 Å². The number of amides is 1. The molecule has 0 radical (unpaired) electrons. The number of benzene rings is 2. The van der Waals surface area contributed by atoms with E-state index in [0.29, 0.717) is 18.7 Å². The van der Waals surface area contributed by atoms with Crippen LogP contribution in [0.1, 0.15) is 18.9 Å². The second kappa shape index (κ2) is 9.22. The van der Waals surface area contributed by atoms with Crippen LogP contribution in [0, 0.1) is 5.92 Å². The Kier molecular flexibility index (Phi) is 7.01. The number of hydrogen-bond donors (Lipinski definition) is 2. The van der Waals surface area contributed by atoms with Crippen LogP contribution in [0.2, 0.25) is 0 Å². The van der Waals surface area contributed by atoms with E-state index >= 15 is 0 Å². The number of rotatable bonds is 8. The number of halogens is 1. The molecule has 0 saturated carbocycles. The molecule has 1 amide bonds. The molecular formula is C19H20BrNO4. The van der Waals surface area contributed by atoms with Gasteiger partial charge in [0.15, 0.2) is 0 Å². The third-order valence-corrected chi connectivity index (χ3v) is 4.15. The minimum absolute atomic E-state index is 0.223. The summed E-state index contributed by atoms with van der Waals surface area (Å²) in [5.41, 5.74) is 1.52. The minimum Gasteiger partial charge on any atom is -0.494 e. The standard InChI is InChI=1S/C19H20BrNO4/c1-2-25-17-9-7-16(8-10-17)21-19(24)14(12-18(22)23)11-13-3-5-15(20)6-4-13/h3-10,14H,2,11-12H2,1H3,(H,21,24)(H,22,23)/t14-/m0/s1. The molecule has 0 fully saturated rings. The maximum absolute atomic E-state index is 12.5. The van der Waals surface area contributed by atoms with Crippen molar-refractivity contribution in [2.75, 3.05) is 11.9 Å². The molecule has 0 aliphatic rings. The Morgan fingerprint density at radius 2 is 1.76 bits per heavy atom. The Hall–Kier alpha value is -2.34. The van der Waals surface area contributed by atoms with Crippen LogP contribution in [0.4, 0.5) is 5.69 Å². The molecule has 132 valence electrons. The Morgan fingerprint density at radius 1 is 1.12 bits per heavy atom. The summed E-state index contributed by atoms with van der Waals surface area (Å²) in [6.07, 6.45) is 0.140. The number of aliphatic carboxylic acids is 1. The monoisotopic (exact) mass is 405 g/mol. The highest BCUT2D eigenvalue weighted by Gasteiger charge is 2.22. The molecule has 5 nitrogen and oxygen atoms in total. The molecule has 1 atom stereocenters. The van der Waals surface area contributed by atoms with Crippen LogP contribution in [0.15, 0.2) is 53.0 Å². The molecule has 0 unspecified atom stereocenters. The SMILES string of the molecule is CCOc1ccc(NC(=O)[C@H](CC(=O)O)Cc2ccc(Br)cc2)cc1. The summed E-state index contributed by atoms with van der Waals surface area (Å²) < 4.78 is 6.30. The maximum atomic E-state index is 12.5. The maximum Gasteiger partial charge on any atom is 0.304 e. The normalized spacial score (nSPS) is 11.6. The number of hydrogen-bond acceptors (Lipinski definition) is 3.